The molecule has 1 N–H and O–H groups in total. The van der Waals surface area contributed by atoms with Crippen molar-refractivity contribution in [2.75, 3.05) is 11.9 Å². The molecule has 1 aromatic carbocycles. The van der Waals surface area contributed by atoms with E-state index < -0.39 is 0 Å². The van der Waals surface area contributed by atoms with Crippen molar-refractivity contribution in [3.63, 3.8) is 0 Å². The maximum Gasteiger partial charge on any atom is 0.162 e. The van der Waals surface area contributed by atoms with Crippen molar-refractivity contribution in [1.29, 1.82) is 0 Å². The second-order valence-corrected chi connectivity index (χ2v) is 5.88. The van der Waals surface area contributed by atoms with Gasteiger partial charge in [0.15, 0.2) is 5.78 Å². The summed E-state index contributed by atoms with van der Waals surface area (Å²) in [6.07, 6.45) is 7.12. The minimum atomic E-state index is 0.210. The predicted molar refractivity (Wildman–Crippen MR) is 87.5 cm³/mol. The second-order valence-electron chi connectivity index (χ2n) is 5.88. The number of nitrogens with one attached hydrogen (secondary N) is 1. The third kappa shape index (κ3) is 6.74. The number of hydrogen-bond donors (Lipinski definition) is 1. The van der Waals surface area contributed by atoms with Gasteiger partial charge in [0, 0.05) is 24.2 Å². The largest absolute Gasteiger partial charge is 0.385 e. The molecule has 2 nitrogen and oxygen atoms in total. The summed E-state index contributed by atoms with van der Waals surface area (Å²) in [5.74, 6) is 1.04. The molecule has 20 heavy (non-hydrogen) atoms. The van der Waals surface area contributed by atoms with E-state index in [1.807, 2.05) is 31.2 Å². The van der Waals surface area contributed by atoms with Crippen LogP contribution in [0.25, 0.3) is 0 Å². The van der Waals surface area contributed by atoms with Gasteiger partial charge in [-0.2, -0.15) is 0 Å². The number of hydrogen-bond acceptors (Lipinski definition) is 2. The molecule has 0 aliphatic carbocycles. The number of ketones is 1. The smallest absolute Gasteiger partial charge is 0.162 e. The molecule has 0 aromatic heterocycles. The lowest BCUT2D eigenvalue weighted by molar-refractivity contribution is 0.0988. The summed E-state index contributed by atoms with van der Waals surface area (Å²) in [6, 6.07) is 7.83. The van der Waals surface area contributed by atoms with Crippen LogP contribution in [0.1, 0.15) is 69.7 Å². The van der Waals surface area contributed by atoms with Crippen LogP contribution in [-0.4, -0.2) is 12.3 Å². The summed E-state index contributed by atoms with van der Waals surface area (Å²) in [6.45, 7) is 7.49. The highest BCUT2D eigenvalue weighted by Crippen LogP contribution is 2.12. The highest BCUT2D eigenvalue weighted by molar-refractivity contribution is 5.96. The lowest BCUT2D eigenvalue weighted by atomic mass is 10.0. The summed E-state index contributed by atoms with van der Waals surface area (Å²) in [4.78, 5) is 11.5. The average molecular weight is 275 g/mol. The van der Waals surface area contributed by atoms with Crippen molar-refractivity contribution >= 4 is 11.5 Å². The van der Waals surface area contributed by atoms with Crippen LogP contribution in [-0.2, 0) is 0 Å². The monoisotopic (exact) mass is 275 g/mol. The van der Waals surface area contributed by atoms with Gasteiger partial charge in [0.2, 0.25) is 0 Å². The van der Waals surface area contributed by atoms with Gasteiger partial charge in [-0.15, -0.1) is 0 Å². The first kappa shape index (κ1) is 16.7. The maximum absolute atomic E-state index is 11.5. The Kier molecular flexibility index (Phi) is 8.01. The molecule has 112 valence electrons. The Labute approximate surface area is 124 Å². The van der Waals surface area contributed by atoms with Crippen LogP contribution in [0.15, 0.2) is 24.3 Å². The molecule has 0 atom stereocenters. The van der Waals surface area contributed by atoms with Gasteiger partial charge in [-0.25, -0.2) is 0 Å². The van der Waals surface area contributed by atoms with Crippen molar-refractivity contribution in [2.45, 2.75) is 59.3 Å². The number of Topliss-reactive ketones (excluding diaryl/α,β-unsaturated/α-hetero) is 1. The van der Waals surface area contributed by atoms with Crippen LogP contribution in [0.5, 0.6) is 0 Å². The van der Waals surface area contributed by atoms with E-state index >= 15 is 0 Å². The molecule has 1 aromatic rings. The maximum atomic E-state index is 11.5. The number of rotatable bonds is 10. The van der Waals surface area contributed by atoms with Gasteiger partial charge in [-0.1, -0.05) is 46.5 Å². The van der Waals surface area contributed by atoms with Crippen LogP contribution < -0.4 is 5.32 Å². The van der Waals surface area contributed by atoms with Crippen LogP contribution in [0, 0.1) is 5.92 Å². The fourth-order valence-corrected chi connectivity index (χ4v) is 2.24. The highest BCUT2D eigenvalue weighted by Gasteiger charge is 2.01. The molecule has 0 saturated carbocycles. The zero-order valence-electron chi connectivity index (χ0n) is 13.2. The SMILES string of the molecule is CCC(=O)c1ccc(NCCCCCCC(C)C)cc1. The molecule has 0 saturated heterocycles. The van der Waals surface area contributed by atoms with Gasteiger partial charge < -0.3 is 5.32 Å². The van der Waals surface area contributed by atoms with Crippen LogP contribution in [0.3, 0.4) is 0 Å². The summed E-state index contributed by atoms with van der Waals surface area (Å²) in [5.41, 5.74) is 1.92. The predicted octanol–water partition coefficient (Wildman–Crippen LogP) is 5.30. The van der Waals surface area contributed by atoms with E-state index in [0.29, 0.717) is 6.42 Å². The van der Waals surface area contributed by atoms with Gasteiger partial charge in [0.25, 0.3) is 0 Å². The second kappa shape index (κ2) is 9.57. The standard InChI is InChI=1S/C18H29NO/c1-4-18(20)16-10-12-17(13-11-16)19-14-8-6-5-7-9-15(2)3/h10-13,15,19H,4-9,14H2,1-3H3. The topological polar surface area (TPSA) is 29.1 Å². The molecule has 0 amide bonds. The molecule has 2 heteroatoms. The van der Waals surface area contributed by atoms with Gasteiger partial charge in [0.05, 0.1) is 0 Å². The Hall–Kier alpha value is -1.31. The first-order valence-corrected chi connectivity index (χ1v) is 8.00. The van der Waals surface area contributed by atoms with E-state index in [4.69, 9.17) is 0 Å². The first-order valence-electron chi connectivity index (χ1n) is 8.00. The van der Waals surface area contributed by atoms with E-state index in [0.717, 1.165) is 23.7 Å². The van der Waals surface area contributed by atoms with Crippen molar-refractivity contribution in [1.82, 2.24) is 0 Å². The van der Waals surface area contributed by atoms with E-state index in [1.54, 1.807) is 0 Å². The van der Waals surface area contributed by atoms with Gasteiger partial charge in [-0.3, -0.25) is 4.79 Å². The Morgan fingerprint density at radius 3 is 2.30 bits per heavy atom. The molecule has 0 unspecified atom stereocenters. The van der Waals surface area contributed by atoms with E-state index in [-0.39, 0.29) is 5.78 Å². The normalized spacial score (nSPS) is 10.8. The van der Waals surface area contributed by atoms with Crippen molar-refractivity contribution < 1.29 is 4.79 Å². The zero-order valence-corrected chi connectivity index (χ0v) is 13.2. The quantitative estimate of drug-likeness (QED) is 0.464. The molecule has 0 aliphatic heterocycles. The summed E-state index contributed by atoms with van der Waals surface area (Å²) < 4.78 is 0. The zero-order chi connectivity index (χ0) is 14.8. The Morgan fingerprint density at radius 1 is 1.05 bits per heavy atom. The van der Waals surface area contributed by atoms with Gasteiger partial charge in [0.1, 0.15) is 0 Å². The summed E-state index contributed by atoms with van der Waals surface area (Å²) in [7, 11) is 0. The Bertz CT molecular complexity index is 381. The minimum Gasteiger partial charge on any atom is -0.385 e. The average Bonchev–Trinajstić information content (AvgIpc) is 2.45. The van der Waals surface area contributed by atoms with E-state index in [9.17, 15) is 4.79 Å². The summed E-state index contributed by atoms with van der Waals surface area (Å²) in [5, 5.41) is 3.42. The number of anilines is 1. The van der Waals surface area contributed by atoms with Crippen molar-refractivity contribution in [3.05, 3.63) is 29.8 Å². The number of carbonyl (C=O) groups excluding carboxylic acids is 1. The molecule has 0 heterocycles. The minimum absolute atomic E-state index is 0.210. The molecule has 0 bridgehead atoms. The van der Waals surface area contributed by atoms with Crippen molar-refractivity contribution in [2.24, 2.45) is 5.92 Å². The third-order valence-corrected chi connectivity index (χ3v) is 3.57. The molecule has 0 aliphatic rings. The Morgan fingerprint density at radius 2 is 1.70 bits per heavy atom. The van der Waals surface area contributed by atoms with E-state index in [2.05, 4.69) is 19.2 Å². The number of unbranched alkanes of at least 4 members (excludes halogenated alkanes) is 3. The lowest BCUT2D eigenvalue weighted by Gasteiger charge is -2.07. The molecular formula is C18H29NO. The molecule has 0 fully saturated rings. The number of carbonyl (C=O) groups is 1. The fourth-order valence-electron chi connectivity index (χ4n) is 2.24. The van der Waals surface area contributed by atoms with Crippen LogP contribution >= 0.6 is 0 Å². The molecule has 0 radical (unpaired) electrons. The van der Waals surface area contributed by atoms with Gasteiger partial charge in [-0.05, 0) is 36.6 Å². The fraction of sp³-hybridized carbons (Fsp3) is 0.611. The van der Waals surface area contributed by atoms with Crippen molar-refractivity contribution in [3.8, 4) is 0 Å². The number of benzene rings is 1. The first-order chi connectivity index (χ1) is 9.63. The third-order valence-electron chi connectivity index (χ3n) is 3.57. The molecular weight excluding hydrogens is 246 g/mol. The van der Waals surface area contributed by atoms with Crippen LogP contribution in [0.2, 0.25) is 0 Å². The van der Waals surface area contributed by atoms with Gasteiger partial charge >= 0.3 is 0 Å². The lowest BCUT2D eigenvalue weighted by Crippen LogP contribution is -2.02. The molecule has 1 rings (SSSR count). The molecule has 0 spiro atoms. The highest BCUT2D eigenvalue weighted by atomic mass is 16.1. The summed E-state index contributed by atoms with van der Waals surface area (Å²) >= 11 is 0. The van der Waals surface area contributed by atoms with E-state index in [1.165, 1.54) is 32.1 Å². The van der Waals surface area contributed by atoms with Crippen LogP contribution in [0.4, 0.5) is 5.69 Å². The Balaban J connectivity index is 2.14.